The summed E-state index contributed by atoms with van der Waals surface area (Å²) >= 11 is 0. The van der Waals surface area contributed by atoms with Crippen molar-refractivity contribution in [1.82, 2.24) is 29.5 Å². The number of anilines is 1. The zero-order valence-corrected chi connectivity index (χ0v) is 22.7. The van der Waals surface area contributed by atoms with Crippen LogP contribution in [0.25, 0.3) is 22.3 Å². The molecule has 1 unspecified atom stereocenters. The summed E-state index contributed by atoms with van der Waals surface area (Å²) in [5.74, 6) is 0.680. The van der Waals surface area contributed by atoms with Crippen LogP contribution in [0.2, 0.25) is 0 Å². The second-order valence-corrected chi connectivity index (χ2v) is 11.0. The van der Waals surface area contributed by atoms with E-state index in [-0.39, 0.29) is 12.1 Å². The van der Waals surface area contributed by atoms with Crippen LogP contribution in [0, 0.1) is 0 Å². The average Bonchev–Trinajstić information content (AvgIpc) is 3.29. The molecule has 2 fully saturated rings. The molecule has 1 aliphatic heterocycles. The molecule has 1 saturated carbocycles. The van der Waals surface area contributed by atoms with Gasteiger partial charge in [0.2, 0.25) is 5.95 Å². The number of aromatic nitrogens is 4. The fourth-order valence-corrected chi connectivity index (χ4v) is 5.71. The Balaban J connectivity index is 1.43. The highest BCUT2D eigenvalue weighted by atomic mass is 16.3. The largest absolute Gasteiger partial charge is 0.393 e. The van der Waals surface area contributed by atoms with Crippen LogP contribution >= 0.6 is 0 Å². The summed E-state index contributed by atoms with van der Waals surface area (Å²) in [4.78, 5) is 14.6. The van der Waals surface area contributed by atoms with Crippen molar-refractivity contribution in [3.8, 4) is 11.3 Å². The van der Waals surface area contributed by atoms with E-state index in [4.69, 9.17) is 15.1 Å². The van der Waals surface area contributed by atoms with Gasteiger partial charge in [0.25, 0.3) is 0 Å². The van der Waals surface area contributed by atoms with Gasteiger partial charge in [-0.2, -0.15) is 10.1 Å². The first-order valence-electron chi connectivity index (χ1n) is 14.2. The van der Waals surface area contributed by atoms with Crippen molar-refractivity contribution in [1.29, 1.82) is 0 Å². The monoisotopic (exact) mass is 505 g/mol. The summed E-state index contributed by atoms with van der Waals surface area (Å²) in [6, 6.07) is 9.49. The maximum Gasteiger partial charge on any atom is 0.224 e. The molecule has 2 aliphatic rings. The molecule has 0 bridgehead atoms. The highest BCUT2D eigenvalue weighted by Gasteiger charge is 2.26. The third-order valence-corrected chi connectivity index (χ3v) is 8.15. The third kappa shape index (κ3) is 6.13. The van der Waals surface area contributed by atoms with E-state index in [1.165, 1.54) is 5.56 Å². The van der Waals surface area contributed by atoms with Crippen molar-refractivity contribution in [2.45, 2.75) is 83.5 Å². The molecule has 1 saturated heterocycles. The van der Waals surface area contributed by atoms with Gasteiger partial charge in [-0.15, -0.1) is 0 Å². The van der Waals surface area contributed by atoms with Gasteiger partial charge in [-0.3, -0.25) is 4.90 Å². The number of aliphatic hydroxyl groups excluding tert-OH is 1. The molecule has 3 heterocycles. The predicted molar refractivity (Wildman–Crippen MR) is 150 cm³/mol. The van der Waals surface area contributed by atoms with Crippen molar-refractivity contribution in [2.24, 2.45) is 0 Å². The average molecular weight is 506 g/mol. The number of hydrogen-bond donors (Lipinski definition) is 2. The van der Waals surface area contributed by atoms with E-state index in [2.05, 4.69) is 65.0 Å². The molecule has 200 valence electrons. The second-order valence-electron chi connectivity index (χ2n) is 11.0. The molecular weight excluding hydrogens is 462 g/mol. The molecule has 37 heavy (non-hydrogen) atoms. The lowest BCUT2D eigenvalue weighted by atomic mass is 9.93. The van der Waals surface area contributed by atoms with Crippen molar-refractivity contribution in [2.75, 3.05) is 38.5 Å². The molecule has 0 amide bonds. The van der Waals surface area contributed by atoms with Crippen LogP contribution in [0.15, 0.2) is 30.5 Å². The number of hydrogen-bond acceptors (Lipinski definition) is 7. The lowest BCUT2D eigenvalue weighted by molar-refractivity contribution is 0.109. The fraction of sp³-hybridized carbons (Fsp3) is 0.621. The first-order chi connectivity index (χ1) is 18.0. The minimum absolute atomic E-state index is 0.198. The lowest BCUT2D eigenvalue weighted by Gasteiger charge is -2.32. The Morgan fingerprint density at radius 2 is 1.76 bits per heavy atom. The number of nitrogens with zero attached hydrogens (tertiary/aromatic N) is 6. The number of nitrogens with one attached hydrogen (secondary N) is 1. The van der Waals surface area contributed by atoms with E-state index >= 15 is 0 Å². The Hall–Kier alpha value is -2.55. The van der Waals surface area contributed by atoms with Crippen molar-refractivity contribution >= 4 is 17.0 Å². The summed E-state index contributed by atoms with van der Waals surface area (Å²) in [7, 11) is 2.20. The predicted octanol–water partition coefficient (Wildman–Crippen LogP) is 4.71. The molecule has 0 spiro atoms. The van der Waals surface area contributed by atoms with Gasteiger partial charge in [0.1, 0.15) is 5.69 Å². The fourth-order valence-electron chi connectivity index (χ4n) is 5.71. The molecule has 8 nitrogen and oxygen atoms in total. The Kier molecular flexibility index (Phi) is 8.37. The molecule has 3 aromatic rings. The van der Waals surface area contributed by atoms with Gasteiger partial charge in [0.05, 0.1) is 17.5 Å². The molecule has 0 radical (unpaired) electrons. The normalized spacial score (nSPS) is 22.4. The Bertz CT molecular complexity index is 1150. The smallest absolute Gasteiger partial charge is 0.224 e. The lowest BCUT2D eigenvalue weighted by Crippen LogP contribution is -2.43. The second kappa shape index (κ2) is 11.9. The van der Waals surface area contributed by atoms with Gasteiger partial charge in [-0.25, -0.2) is 9.67 Å². The number of piperazine rings is 1. The van der Waals surface area contributed by atoms with Crippen molar-refractivity contribution in [3.05, 3.63) is 36.0 Å². The molecular formula is C29H43N7O. The number of aliphatic hydroxyl groups is 1. The van der Waals surface area contributed by atoms with Crippen LogP contribution in [0.5, 0.6) is 0 Å². The van der Waals surface area contributed by atoms with Gasteiger partial charge in [0, 0.05) is 50.5 Å². The summed E-state index contributed by atoms with van der Waals surface area (Å²) in [6.07, 6.45) is 8.48. The van der Waals surface area contributed by atoms with Crippen LogP contribution < -0.4 is 5.32 Å². The molecule has 2 aromatic heterocycles. The number of likely N-dealkylation sites (N-methyl/N-ethyl adjacent to an activating group) is 1. The maximum atomic E-state index is 10.1. The zero-order chi connectivity index (χ0) is 25.8. The SMILES string of the molecule is CCCC(CC)Nc1ncc2c(-c3ccc(CN4CCN(C)CC4)cc3)nn(C3CCC(O)CC3)c2n1. The summed E-state index contributed by atoms with van der Waals surface area (Å²) in [6.45, 7) is 9.91. The molecule has 1 atom stereocenters. The molecule has 8 heteroatoms. The van der Waals surface area contributed by atoms with Gasteiger partial charge >= 0.3 is 0 Å². The third-order valence-electron chi connectivity index (χ3n) is 8.15. The molecule has 1 aliphatic carbocycles. The van der Waals surface area contributed by atoms with Crippen LogP contribution in [0.4, 0.5) is 5.95 Å². The molecule has 2 N–H and O–H groups in total. The summed E-state index contributed by atoms with van der Waals surface area (Å²) in [5, 5.41) is 19.7. The van der Waals surface area contributed by atoms with Crippen LogP contribution in [0.1, 0.15) is 70.4 Å². The minimum Gasteiger partial charge on any atom is -0.393 e. The minimum atomic E-state index is -0.198. The standard InChI is InChI=1S/C29H43N7O/c1-4-6-23(5-2)31-29-30-19-26-27(33-36(28(26)32-29)24-11-13-25(37)14-12-24)22-9-7-21(8-10-22)20-35-17-15-34(3)16-18-35/h7-10,19,23-25,37H,4-6,11-18,20H2,1-3H3,(H,30,31,32). The number of rotatable bonds is 9. The van der Waals surface area contributed by atoms with E-state index in [1.807, 2.05) is 6.20 Å². The molecule has 5 rings (SSSR count). The highest BCUT2D eigenvalue weighted by molar-refractivity contribution is 5.91. The van der Waals surface area contributed by atoms with Crippen LogP contribution in [-0.4, -0.2) is 80.0 Å². The Morgan fingerprint density at radius 1 is 1.03 bits per heavy atom. The molecule has 1 aromatic carbocycles. The number of fused-ring (bicyclic) bond motifs is 1. The van der Waals surface area contributed by atoms with Gasteiger partial charge < -0.3 is 15.3 Å². The van der Waals surface area contributed by atoms with E-state index in [0.717, 1.165) is 100.0 Å². The summed E-state index contributed by atoms with van der Waals surface area (Å²) < 4.78 is 2.11. The zero-order valence-electron chi connectivity index (χ0n) is 22.7. The van der Waals surface area contributed by atoms with Crippen LogP contribution in [-0.2, 0) is 6.54 Å². The first-order valence-corrected chi connectivity index (χ1v) is 14.2. The van der Waals surface area contributed by atoms with E-state index < -0.39 is 0 Å². The number of benzene rings is 1. The summed E-state index contributed by atoms with van der Waals surface area (Å²) in [5.41, 5.74) is 4.27. The van der Waals surface area contributed by atoms with Crippen molar-refractivity contribution < 1.29 is 5.11 Å². The maximum absolute atomic E-state index is 10.1. The van der Waals surface area contributed by atoms with Gasteiger partial charge in [0.15, 0.2) is 5.65 Å². The highest BCUT2D eigenvalue weighted by Crippen LogP contribution is 2.34. The van der Waals surface area contributed by atoms with Crippen molar-refractivity contribution in [3.63, 3.8) is 0 Å². The Labute approximate surface area is 221 Å². The Morgan fingerprint density at radius 3 is 2.43 bits per heavy atom. The van der Waals surface area contributed by atoms with E-state index in [1.54, 1.807) is 0 Å². The topological polar surface area (TPSA) is 82.3 Å². The van der Waals surface area contributed by atoms with E-state index in [9.17, 15) is 5.11 Å². The first kappa shape index (κ1) is 26.1. The quantitative estimate of drug-likeness (QED) is 0.436. The van der Waals surface area contributed by atoms with Gasteiger partial charge in [-0.05, 0) is 51.1 Å². The van der Waals surface area contributed by atoms with Gasteiger partial charge in [-0.1, -0.05) is 44.5 Å². The van der Waals surface area contributed by atoms with E-state index in [0.29, 0.717) is 12.0 Å². The van der Waals surface area contributed by atoms with Crippen LogP contribution in [0.3, 0.4) is 0 Å².